The molecule has 9 nitrogen and oxygen atoms in total. The summed E-state index contributed by atoms with van der Waals surface area (Å²) in [4.78, 5) is 33.5. The molecular formula is C37H74NO8P. The number of amides is 1. The minimum absolute atomic E-state index is 0.0847. The first-order valence-corrected chi connectivity index (χ1v) is 21.0. The van der Waals surface area contributed by atoms with Crippen molar-refractivity contribution in [3.63, 3.8) is 0 Å². The van der Waals surface area contributed by atoms with Crippen molar-refractivity contribution in [2.75, 3.05) is 26.4 Å². The van der Waals surface area contributed by atoms with Gasteiger partial charge in [-0.3, -0.25) is 18.6 Å². The molecule has 0 aliphatic carbocycles. The molecule has 280 valence electrons. The number of nitrogens with one attached hydrogen (secondary N) is 1. The van der Waals surface area contributed by atoms with Gasteiger partial charge in [0.25, 0.3) is 0 Å². The van der Waals surface area contributed by atoms with Gasteiger partial charge >= 0.3 is 13.8 Å². The van der Waals surface area contributed by atoms with Crippen LogP contribution in [-0.2, 0) is 27.9 Å². The van der Waals surface area contributed by atoms with Crippen LogP contribution in [0.3, 0.4) is 0 Å². The first-order chi connectivity index (χ1) is 22.8. The molecule has 2 unspecified atom stereocenters. The summed E-state index contributed by atoms with van der Waals surface area (Å²) in [6.45, 7) is 3.48. The Morgan fingerprint density at radius 2 is 0.957 bits per heavy atom. The minimum atomic E-state index is -4.39. The molecule has 0 saturated carbocycles. The van der Waals surface area contributed by atoms with Gasteiger partial charge in [0.2, 0.25) is 5.91 Å². The van der Waals surface area contributed by atoms with Gasteiger partial charge in [0, 0.05) is 19.4 Å². The SMILES string of the molecule is CCCCCCCCCCCCCCCCCCCCCCCC(=O)OCC(O)COP(=O)(O)OCCNC(=O)CCCCCCC. The molecule has 0 aliphatic heterocycles. The lowest BCUT2D eigenvalue weighted by atomic mass is 10.0. The average molecular weight is 692 g/mol. The smallest absolute Gasteiger partial charge is 0.463 e. The Labute approximate surface area is 288 Å². The maximum Gasteiger partial charge on any atom is 0.472 e. The molecule has 2 atom stereocenters. The molecule has 0 fully saturated rings. The number of hydrogen-bond donors (Lipinski definition) is 3. The molecule has 3 N–H and O–H groups in total. The lowest BCUT2D eigenvalue weighted by Crippen LogP contribution is -2.27. The van der Waals surface area contributed by atoms with E-state index in [1.54, 1.807) is 0 Å². The number of aliphatic hydroxyl groups is 1. The molecule has 47 heavy (non-hydrogen) atoms. The van der Waals surface area contributed by atoms with Crippen molar-refractivity contribution >= 4 is 19.7 Å². The normalized spacial score (nSPS) is 13.4. The van der Waals surface area contributed by atoms with Crippen LogP contribution in [-0.4, -0.2) is 54.3 Å². The molecule has 0 rings (SSSR count). The molecular weight excluding hydrogens is 617 g/mol. The summed E-state index contributed by atoms with van der Waals surface area (Å²) < 4.78 is 26.6. The van der Waals surface area contributed by atoms with Crippen molar-refractivity contribution in [1.82, 2.24) is 5.32 Å². The number of aliphatic hydroxyl groups excluding tert-OH is 1. The molecule has 0 saturated heterocycles. The van der Waals surface area contributed by atoms with E-state index in [0.29, 0.717) is 12.8 Å². The lowest BCUT2D eigenvalue weighted by Gasteiger charge is -2.15. The van der Waals surface area contributed by atoms with Crippen LogP contribution in [0, 0.1) is 0 Å². The highest BCUT2D eigenvalue weighted by molar-refractivity contribution is 7.47. The Bertz CT molecular complexity index is 754. The van der Waals surface area contributed by atoms with Gasteiger partial charge in [-0.25, -0.2) is 4.57 Å². The monoisotopic (exact) mass is 692 g/mol. The Morgan fingerprint density at radius 1 is 0.574 bits per heavy atom. The predicted molar refractivity (Wildman–Crippen MR) is 192 cm³/mol. The number of ether oxygens (including phenoxy) is 1. The van der Waals surface area contributed by atoms with E-state index >= 15 is 0 Å². The van der Waals surface area contributed by atoms with Gasteiger partial charge in [-0.15, -0.1) is 0 Å². The molecule has 10 heteroatoms. The number of rotatable bonds is 37. The van der Waals surface area contributed by atoms with Crippen molar-refractivity contribution in [2.45, 2.75) is 200 Å². The van der Waals surface area contributed by atoms with E-state index in [4.69, 9.17) is 13.8 Å². The van der Waals surface area contributed by atoms with E-state index in [0.717, 1.165) is 51.4 Å². The van der Waals surface area contributed by atoms with E-state index in [2.05, 4.69) is 19.2 Å². The van der Waals surface area contributed by atoms with Crippen molar-refractivity contribution in [2.24, 2.45) is 0 Å². The highest BCUT2D eigenvalue weighted by atomic mass is 31.2. The second-order valence-electron chi connectivity index (χ2n) is 13.3. The first-order valence-electron chi connectivity index (χ1n) is 19.5. The van der Waals surface area contributed by atoms with E-state index in [-0.39, 0.29) is 25.7 Å². The Hall–Kier alpha value is -0.990. The first kappa shape index (κ1) is 46.0. The number of unbranched alkanes of at least 4 members (excludes halogenated alkanes) is 24. The number of carbonyl (C=O) groups excluding carboxylic acids is 2. The highest BCUT2D eigenvalue weighted by Crippen LogP contribution is 2.42. The molecule has 0 radical (unpaired) electrons. The zero-order valence-electron chi connectivity index (χ0n) is 30.5. The Morgan fingerprint density at radius 3 is 1.38 bits per heavy atom. The largest absolute Gasteiger partial charge is 0.472 e. The molecule has 0 spiro atoms. The van der Waals surface area contributed by atoms with Crippen LogP contribution >= 0.6 is 7.82 Å². The number of esters is 1. The average Bonchev–Trinajstić information content (AvgIpc) is 3.05. The summed E-state index contributed by atoms with van der Waals surface area (Å²) in [5, 5.41) is 12.6. The number of phosphoric ester groups is 1. The molecule has 0 aliphatic rings. The summed E-state index contributed by atoms with van der Waals surface area (Å²) in [6, 6.07) is 0. The van der Waals surface area contributed by atoms with Crippen LogP contribution < -0.4 is 5.32 Å². The van der Waals surface area contributed by atoms with Gasteiger partial charge in [-0.1, -0.05) is 168 Å². The fourth-order valence-electron chi connectivity index (χ4n) is 5.56. The molecule has 0 bridgehead atoms. The zero-order valence-corrected chi connectivity index (χ0v) is 31.4. The molecule has 0 aromatic carbocycles. The Balaban J connectivity index is 3.49. The van der Waals surface area contributed by atoms with Crippen LogP contribution in [0.4, 0.5) is 0 Å². The van der Waals surface area contributed by atoms with Crippen molar-refractivity contribution in [3.8, 4) is 0 Å². The van der Waals surface area contributed by atoms with Gasteiger partial charge in [0.1, 0.15) is 12.7 Å². The third-order valence-corrected chi connectivity index (χ3v) is 9.52. The topological polar surface area (TPSA) is 131 Å². The van der Waals surface area contributed by atoms with E-state index in [1.807, 2.05) is 0 Å². The summed E-state index contributed by atoms with van der Waals surface area (Å²) >= 11 is 0. The third kappa shape index (κ3) is 36.1. The van der Waals surface area contributed by atoms with E-state index in [9.17, 15) is 24.2 Å². The summed E-state index contributed by atoms with van der Waals surface area (Å²) in [7, 11) is -4.39. The number of phosphoric acid groups is 1. The highest BCUT2D eigenvalue weighted by Gasteiger charge is 2.23. The lowest BCUT2D eigenvalue weighted by molar-refractivity contribution is -0.147. The van der Waals surface area contributed by atoms with Crippen LogP contribution in [0.5, 0.6) is 0 Å². The number of hydrogen-bond acceptors (Lipinski definition) is 7. The zero-order chi connectivity index (χ0) is 34.7. The van der Waals surface area contributed by atoms with Gasteiger partial charge in [0.05, 0.1) is 13.2 Å². The van der Waals surface area contributed by atoms with E-state index in [1.165, 1.54) is 116 Å². The fourth-order valence-corrected chi connectivity index (χ4v) is 6.31. The second kappa shape index (κ2) is 34.9. The summed E-state index contributed by atoms with van der Waals surface area (Å²) in [5.74, 6) is -0.520. The van der Waals surface area contributed by atoms with Gasteiger partial charge in [-0.2, -0.15) is 0 Å². The molecule has 0 heterocycles. The fraction of sp³-hybridized carbons (Fsp3) is 0.946. The van der Waals surface area contributed by atoms with Gasteiger partial charge in [-0.05, 0) is 12.8 Å². The standard InChI is InChI=1S/C37H74NO8P/c1-3-5-7-9-10-11-12-13-14-15-16-17-18-19-20-21-22-23-24-26-28-30-37(41)44-33-35(39)34-46-47(42,43)45-32-31-38-36(40)29-27-25-8-6-4-2/h35,39H,3-34H2,1-2H3,(H,38,40)(H,42,43). The van der Waals surface area contributed by atoms with Crippen LogP contribution in [0.15, 0.2) is 0 Å². The maximum absolute atomic E-state index is 12.0. The summed E-state index contributed by atoms with van der Waals surface area (Å²) in [5.41, 5.74) is 0. The summed E-state index contributed by atoms with van der Waals surface area (Å²) in [6.07, 6.45) is 32.2. The Kier molecular flexibility index (Phi) is 34.1. The van der Waals surface area contributed by atoms with Crippen LogP contribution in [0.1, 0.15) is 194 Å². The third-order valence-electron chi connectivity index (χ3n) is 8.54. The van der Waals surface area contributed by atoms with Gasteiger partial charge in [0.15, 0.2) is 0 Å². The van der Waals surface area contributed by atoms with Crippen LogP contribution in [0.25, 0.3) is 0 Å². The predicted octanol–water partition coefficient (Wildman–Crippen LogP) is 10.1. The molecule has 1 amide bonds. The maximum atomic E-state index is 12.0. The molecule has 0 aromatic heterocycles. The van der Waals surface area contributed by atoms with Crippen LogP contribution in [0.2, 0.25) is 0 Å². The van der Waals surface area contributed by atoms with Crippen molar-refractivity contribution in [1.29, 1.82) is 0 Å². The molecule has 0 aromatic rings. The van der Waals surface area contributed by atoms with Crippen molar-refractivity contribution in [3.05, 3.63) is 0 Å². The van der Waals surface area contributed by atoms with Gasteiger partial charge < -0.3 is 20.1 Å². The quantitative estimate of drug-likeness (QED) is 0.0333. The second-order valence-corrected chi connectivity index (χ2v) is 14.7. The van der Waals surface area contributed by atoms with Crippen molar-refractivity contribution < 1.29 is 37.9 Å². The minimum Gasteiger partial charge on any atom is -0.463 e. The van der Waals surface area contributed by atoms with E-state index < -0.39 is 26.5 Å². The number of carbonyl (C=O) groups is 2.